The van der Waals surface area contributed by atoms with E-state index in [2.05, 4.69) is 21.5 Å². The number of hydrogen-bond donors (Lipinski definition) is 1. The predicted octanol–water partition coefficient (Wildman–Crippen LogP) is 3.47. The summed E-state index contributed by atoms with van der Waals surface area (Å²) in [5.74, 6) is -2.07. The van der Waals surface area contributed by atoms with Crippen molar-refractivity contribution in [2.45, 2.75) is 6.10 Å². The zero-order chi connectivity index (χ0) is 22.2. The van der Waals surface area contributed by atoms with Gasteiger partial charge in [-0.15, -0.1) is 11.3 Å². The molecule has 0 fully saturated rings. The van der Waals surface area contributed by atoms with E-state index in [-0.39, 0.29) is 16.5 Å². The fraction of sp³-hybridized carbons (Fsp3) is 0.0909. The van der Waals surface area contributed by atoms with Gasteiger partial charge in [0.05, 0.1) is 7.11 Å². The van der Waals surface area contributed by atoms with Crippen molar-refractivity contribution in [3.05, 3.63) is 95.2 Å². The van der Waals surface area contributed by atoms with Crippen LogP contribution in [0.5, 0.6) is 0 Å². The number of ether oxygens (including phenoxy) is 2. The Hall–Kier alpha value is -3.98. The lowest BCUT2D eigenvalue weighted by atomic mass is 10.0. The van der Waals surface area contributed by atoms with Gasteiger partial charge in [-0.1, -0.05) is 65.8 Å². The van der Waals surface area contributed by atoms with Crippen LogP contribution in [0.4, 0.5) is 5.13 Å². The van der Waals surface area contributed by atoms with Gasteiger partial charge in [0.25, 0.3) is 0 Å². The van der Waals surface area contributed by atoms with E-state index in [4.69, 9.17) is 15.3 Å². The quantitative estimate of drug-likeness (QED) is 0.189. The summed E-state index contributed by atoms with van der Waals surface area (Å²) in [6, 6.07) is 18.5. The van der Waals surface area contributed by atoms with Crippen LogP contribution in [0.2, 0.25) is 0 Å². The molecule has 0 aliphatic carbocycles. The number of nitrogens with zero attached hydrogens (tertiary/aromatic N) is 2. The second-order valence-corrected chi connectivity index (χ2v) is 7.01. The Morgan fingerprint density at radius 1 is 1.03 bits per heavy atom. The van der Waals surface area contributed by atoms with Crippen molar-refractivity contribution in [1.29, 1.82) is 0 Å². The number of hydrogen-bond acceptors (Lipinski definition) is 9. The number of rotatable bonds is 8. The summed E-state index contributed by atoms with van der Waals surface area (Å²) in [7, 11) is 1.18. The molecule has 31 heavy (non-hydrogen) atoms. The van der Waals surface area contributed by atoms with Crippen LogP contribution in [-0.4, -0.2) is 29.7 Å². The molecule has 8 nitrogen and oxygen atoms in total. The van der Waals surface area contributed by atoms with Gasteiger partial charge >= 0.3 is 11.9 Å². The molecule has 0 atom stereocenters. The molecule has 0 aliphatic rings. The average Bonchev–Trinajstić information content (AvgIpc) is 3.24. The molecule has 9 heteroatoms. The monoisotopic (exact) mass is 437 g/mol. The molecule has 0 saturated heterocycles. The second kappa shape index (κ2) is 10.2. The highest BCUT2D eigenvalue weighted by Gasteiger charge is 2.23. The lowest BCUT2D eigenvalue weighted by molar-refractivity contribution is -0.147. The lowest BCUT2D eigenvalue weighted by Crippen LogP contribution is -2.19. The molecule has 3 aromatic rings. The third kappa shape index (κ3) is 5.55. The topological polar surface area (TPSA) is 113 Å². The summed E-state index contributed by atoms with van der Waals surface area (Å²) in [6.07, 6.45) is -0.683. The van der Waals surface area contributed by atoms with Crippen molar-refractivity contribution in [3.63, 3.8) is 0 Å². The Morgan fingerprint density at radius 3 is 2.10 bits per heavy atom. The van der Waals surface area contributed by atoms with Gasteiger partial charge in [-0.05, 0) is 17.7 Å². The number of nitrogens with two attached hydrogens (primary N) is 1. The molecule has 3 rings (SSSR count). The van der Waals surface area contributed by atoms with E-state index in [0.717, 1.165) is 22.5 Å². The number of carbonyl (C=O) groups excluding carboxylic acids is 2. The van der Waals surface area contributed by atoms with E-state index in [1.54, 1.807) is 0 Å². The van der Waals surface area contributed by atoms with Crippen molar-refractivity contribution in [3.8, 4) is 0 Å². The van der Waals surface area contributed by atoms with Crippen LogP contribution in [0.3, 0.4) is 0 Å². The molecule has 1 aromatic heterocycles. The molecule has 0 radical (unpaired) electrons. The number of aromatic nitrogens is 1. The number of oxime groups is 1. The fourth-order valence-electron chi connectivity index (χ4n) is 2.58. The molecule has 0 unspecified atom stereocenters. The highest BCUT2D eigenvalue weighted by Crippen LogP contribution is 2.27. The Morgan fingerprint density at radius 2 is 1.61 bits per heavy atom. The van der Waals surface area contributed by atoms with Crippen molar-refractivity contribution in [2.75, 3.05) is 12.8 Å². The Bertz CT molecular complexity index is 1060. The van der Waals surface area contributed by atoms with E-state index < -0.39 is 23.8 Å². The number of methoxy groups -OCH3 is 1. The van der Waals surface area contributed by atoms with Crippen LogP contribution >= 0.6 is 11.3 Å². The van der Waals surface area contributed by atoms with E-state index in [9.17, 15) is 9.59 Å². The van der Waals surface area contributed by atoms with Gasteiger partial charge in [-0.2, -0.15) is 0 Å². The van der Waals surface area contributed by atoms with Crippen LogP contribution < -0.4 is 5.73 Å². The first kappa shape index (κ1) is 21.7. The summed E-state index contributed by atoms with van der Waals surface area (Å²) in [5, 5.41) is 5.43. The van der Waals surface area contributed by atoms with E-state index in [1.165, 1.54) is 12.5 Å². The molecular weight excluding hydrogens is 418 g/mol. The molecule has 0 saturated carbocycles. The molecular formula is C22H19N3O5S. The normalized spacial score (nSPS) is 11.1. The summed E-state index contributed by atoms with van der Waals surface area (Å²) in [5.41, 5.74) is 7.03. The third-order valence-electron chi connectivity index (χ3n) is 4.05. The number of nitrogen functional groups attached to an aromatic ring is 1. The van der Waals surface area contributed by atoms with Gasteiger partial charge in [-0.3, -0.25) is 0 Å². The number of esters is 2. The molecule has 0 aliphatic heterocycles. The minimum atomic E-state index is -0.844. The van der Waals surface area contributed by atoms with E-state index in [1.807, 2.05) is 60.7 Å². The van der Waals surface area contributed by atoms with Crippen LogP contribution in [0.25, 0.3) is 0 Å². The number of thiazole rings is 1. The lowest BCUT2D eigenvalue weighted by Gasteiger charge is -2.19. The maximum absolute atomic E-state index is 12.6. The largest absolute Gasteiger partial charge is 0.464 e. The van der Waals surface area contributed by atoms with Crippen molar-refractivity contribution < 1.29 is 23.9 Å². The van der Waals surface area contributed by atoms with Gasteiger partial charge in [0, 0.05) is 5.38 Å². The minimum absolute atomic E-state index is 0.155. The zero-order valence-electron chi connectivity index (χ0n) is 16.6. The summed E-state index contributed by atoms with van der Waals surface area (Å²) >= 11 is 1.11. The van der Waals surface area contributed by atoms with Crippen LogP contribution in [0, 0.1) is 0 Å². The highest BCUT2D eigenvalue weighted by atomic mass is 32.1. The fourth-order valence-corrected chi connectivity index (χ4v) is 3.12. The number of anilines is 1. The van der Waals surface area contributed by atoms with Gasteiger partial charge < -0.3 is 20.0 Å². The first-order valence-corrected chi connectivity index (χ1v) is 9.92. The van der Waals surface area contributed by atoms with Crippen molar-refractivity contribution >= 4 is 34.1 Å². The second-order valence-electron chi connectivity index (χ2n) is 6.12. The highest BCUT2D eigenvalue weighted by molar-refractivity contribution is 7.13. The van der Waals surface area contributed by atoms with Gasteiger partial charge in [-0.25, -0.2) is 14.6 Å². The van der Waals surface area contributed by atoms with E-state index in [0.29, 0.717) is 0 Å². The van der Waals surface area contributed by atoms with Crippen molar-refractivity contribution in [2.24, 2.45) is 5.16 Å². The van der Waals surface area contributed by atoms with Crippen LogP contribution in [-0.2, 0) is 23.9 Å². The summed E-state index contributed by atoms with van der Waals surface area (Å²) in [6.45, 7) is 3.55. The minimum Gasteiger partial charge on any atom is -0.464 e. The molecule has 0 amide bonds. The van der Waals surface area contributed by atoms with Gasteiger partial charge in [0.15, 0.2) is 11.2 Å². The Kier molecular flexibility index (Phi) is 7.13. The first-order chi connectivity index (χ1) is 15.0. The van der Waals surface area contributed by atoms with Gasteiger partial charge in [0.2, 0.25) is 11.5 Å². The Balaban J connectivity index is 1.78. The van der Waals surface area contributed by atoms with Crippen molar-refractivity contribution in [1.82, 2.24) is 4.98 Å². The Labute approximate surface area is 182 Å². The maximum atomic E-state index is 12.6. The predicted molar refractivity (Wildman–Crippen MR) is 116 cm³/mol. The molecule has 158 valence electrons. The standard InChI is InChI=1S/C22H19N3O5S/c1-14(30-25-18(21(27)28-2)17-13-31-22(23)24-17)20(26)29-19(15-9-5-3-6-10-15)16-11-7-4-8-12-16/h3-13,19H,1H2,2H3,(H2,23,24)/b25-18-. The van der Waals surface area contributed by atoms with Crippen LogP contribution in [0.15, 0.2) is 83.5 Å². The molecule has 0 bridgehead atoms. The van der Waals surface area contributed by atoms with Gasteiger partial charge in [0.1, 0.15) is 5.69 Å². The summed E-state index contributed by atoms with van der Waals surface area (Å²) in [4.78, 5) is 33.7. The number of benzene rings is 2. The molecule has 0 spiro atoms. The third-order valence-corrected chi connectivity index (χ3v) is 4.72. The molecule has 2 N–H and O–H groups in total. The SMILES string of the molecule is C=C(O/N=C(\C(=O)OC)c1csc(N)n1)C(=O)OC(c1ccccc1)c1ccccc1. The summed E-state index contributed by atoms with van der Waals surface area (Å²) < 4.78 is 10.3. The molecule has 1 heterocycles. The average molecular weight is 437 g/mol. The van der Waals surface area contributed by atoms with E-state index >= 15 is 0 Å². The maximum Gasteiger partial charge on any atom is 0.377 e. The first-order valence-electron chi connectivity index (χ1n) is 9.04. The zero-order valence-corrected chi connectivity index (χ0v) is 17.4. The van der Waals surface area contributed by atoms with Crippen LogP contribution in [0.1, 0.15) is 22.9 Å². The number of carbonyl (C=O) groups is 2. The molecule has 2 aromatic carbocycles. The smallest absolute Gasteiger partial charge is 0.377 e.